The van der Waals surface area contributed by atoms with Crippen molar-refractivity contribution < 1.29 is 4.92 Å². The lowest BCUT2D eigenvalue weighted by atomic mass is 9.99. The van der Waals surface area contributed by atoms with E-state index in [9.17, 15) is 15.4 Å². The Morgan fingerprint density at radius 1 is 1.15 bits per heavy atom. The molecule has 0 amide bonds. The molecule has 0 unspecified atom stereocenters. The normalized spacial score (nSPS) is 16.3. The molecule has 1 aliphatic heterocycles. The number of benzene rings is 2. The van der Waals surface area contributed by atoms with Crippen LogP contribution in [0.25, 0.3) is 5.69 Å². The summed E-state index contributed by atoms with van der Waals surface area (Å²) in [6.07, 6.45) is 0.971. The molecular formula is C19H16N6O2. The lowest BCUT2D eigenvalue weighted by Gasteiger charge is -2.15. The second-order valence-corrected chi connectivity index (χ2v) is 6.39. The highest BCUT2D eigenvalue weighted by Crippen LogP contribution is 2.31. The summed E-state index contributed by atoms with van der Waals surface area (Å²) in [4.78, 5) is 13.9. The standard InChI is InChI=1S/C19H16N6O2/c20-12-18-19(23-10-9-15(13-23)14-5-2-1-3-6-14)22-24(21-18)16-7-4-8-17(11-16)25(26)27/h1-8,11,15H,9-10,13H2/t15-/m0/s1. The fourth-order valence-electron chi connectivity index (χ4n) is 3.38. The van der Waals surface area contributed by atoms with E-state index < -0.39 is 4.92 Å². The van der Waals surface area contributed by atoms with E-state index in [1.165, 1.54) is 22.5 Å². The molecule has 8 heteroatoms. The third-order valence-electron chi connectivity index (χ3n) is 4.73. The highest BCUT2D eigenvalue weighted by Gasteiger charge is 2.28. The highest BCUT2D eigenvalue weighted by atomic mass is 16.6. The van der Waals surface area contributed by atoms with Gasteiger partial charge in [0.15, 0.2) is 5.82 Å². The first-order chi connectivity index (χ1) is 13.2. The lowest BCUT2D eigenvalue weighted by Crippen LogP contribution is -2.20. The predicted molar refractivity (Wildman–Crippen MR) is 98.7 cm³/mol. The molecule has 0 spiro atoms. The molecule has 27 heavy (non-hydrogen) atoms. The second-order valence-electron chi connectivity index (χ2n) is 6.39. The minimum absolute atomic E-state index is 0.0461. The Kier molecular flexibility index (Phi) is 4.26. The summed E-state index contributed by atoms with van der Waals surface area (Å²) in [5.74, 6) is 0.892. The molecule has 2 aromatic carbocycles. The maximum Gasteiger partial charge on any atom is 0.271 e. The average molecular weight is 360 g/mol. The van der Waals surface area contributed by atoms with Crippen LogP contribution < -0.4 is 4.90 Å². The summed E-state index contributed by atoms with van der Waals surface area (Å²) in [6.45, 7) is 1.54. The van der Waals surface area contributed by atoms with Crippen molar-refractivity contribution in [3.05, 3.63) is 76.0 Å². The number of hydrogen-bond acceptors (Lipinski definition) is 6. The fraction of sp³-hybridized carbons (Fsp3) is 0.211. The molecule has 134 valence electrons. The number of nitriles is 1. The Labute approximate surface area is 155 Å². The maximum atomic E-state index is 11.0. The zero-order valence-corrected chi connectivity index (χ0v) is 14.4. The molecular weight excluding hydrogens is 344 g/mol. The number of aromatic nitrogens is 3. The molecule has 0 saturated carbocycles. The molecule has 1 aliphatic rings. The Hall–Kier alpha value is -3.73. The molecule has 8 nitrogen and oxygen atoms in total. The molecule has 3 aromatic rings. The van der Waals surface area contributed by atoms with Gasteiger partial charge in [-0.05, 0) is 18.1 Å². The summed E-state index contributed by atoms with van der Waals surface area (Å²) >= 11 is 0. The quantitative estimate of drug-likeness (QED) is 0.523. The van der Waals surface area contributed by atoms with Crippen molar-refractivity contribution in [1.29, 1.82) is 5.26 Å². The van der Waals surface area contributed by atoms with Crippen LogP contribution in [-0.2, 0) is 0 Å². The number of nitro groups is 1. The van der Waals surface area contributed by atoms with Crippen LogP contribution in [0.5, 0.6) is 0 Å². The van der Waals surface area contributed by atoms with Crippen molar-refractivity contribution in [2.24, 2.45) is 0 Å². The van der Waals surface area contributed by atoms with Crippen LogP contribution >= 0.6 is 0 Å². The van der Waals surface area contributed by atoms with Gasteiger partial charge in [0, 0.05) is 31.1 Å². The van der Waals surface area contributed by atoms with E-state index in [-0.39, 0.29) is 11.4 Å². The number of hydrogen-bond donors (Lipinski definition) is 0. The molecule has 4 rings (SSSR count). The van der Waals surface area contributed by atoms with Crippen LogP contribution in [0.2, 0.25) is 0 Å². The Morgan fingerprint density at radius 2 is 1.96 bits per heavy atom. The van der Waals surface area contributed by atoms with Gasteiger partial charge in [-0.1, -0.05) is 36.4 Å². The van der Waals surface area contributed by atoms with Gasteiger partial charge in [0.1, 0.15) is 6.07 Å². The van der Waals surface area contributed by atoms with Crippen molar-refractivity contribution in [1.82, 2.24) is 15.0 Å². The first-order valence-electron chi connectivity index (χ1n) is 8.58. The zero-order chi connectivity index (χ0) is 18.8. The van der Waals surface area contributed by atoms with E-state index in [2.05, 4.69) is 33.3 Å². The van der Waals surface area contributed by atoms with Gasteiger partial charge in [-0.3, -0.25) is 10.1 Å². The maximum absolute atomic E-state index is 11.0. The van der Waals surface area contributed by atoms with Crippen LogP contribution in [0.4, 0.5) is 11.5 Å². The fourth-order valence-corrected chi connectivity index (χ4v) is 3.38. The SMILES string of the molecule is N#Cc1nn(-c2cccc([N+](=O)[O-])c2)nc1N1CC[C@H](c2ccccc2)C1. The van der Waals surface area contributed by atoms with E-state index in [1.807, 2.05) is 18.2 Å². The average Bonchev–Trinajstić information content (AvgIpc) is 3.35. The number of nitrogens with zero attached hydrogens (tertiary/aromatic N) is 6. The summed E-state index contributed by atoms with van der Waals surface area (Å²) in [7, 11) is 0. The number of anilines is 1. The summed E-state index contributed by atoms with van der Waals surface area (Å²) < 4.78 is 0. The number of rotatable bonds is 4. The Balaban J connectivity index is 1.62. The zero-order valence-electron chi connectivity index (χ0n) is 14.4. The van der Waals surface area contributed by atoms with Crippen LogP contribution in [0.1, 0.15) is 23.6 Å². The number of non-ortho nitro benzene ring substituents is 1. The molecule has 1 aromatic heterocycles. The summed E-state index contributed by atoms with van der Waals surface area (Å²) in [5, 5.41) is 29.1. The van der Waals surface area contributed by atoms with E-state index >= 15 is 0 Å². The highest BCUT2D eigenvalue weighted by molar-refractivity contribution is 5.52. The van der Waals surface area contributed by atoms with Gasteiger partial charge in [-0.15, -0.1) is 15.0 Å². The van der Waals surface area contributed by atoms with Crippen molar-refractivity contribution in [2.45, 2.75) is 12.3 Å². The predicted octanol–water partition coefficient (Wildman–Crippen LogP) is 3.04. The minimum atomic E-state index is -0.468. The third-order valence-corrected chi connectivity index (χ3v) is 4.73. The Morgan fingerprint density at radius 3 is 2.70 bits per heavy atom. The first-order valence-corrected chi connectivity index (χ1v) is 8.58. The van der Waals surface area contributed by atoms with Gasteiger partial charge in [-0.2, -0.15) is 5.26 Å². The molecule has 0 N–H and O–H groups in total. The molecule has 0 aliphatic carbocycles. The van der Waals surface area contributed by atoms with Crippen molar-refractivity contribution in [3.8, 4) is 11.8 Å². The summed E-state index contributed by atoms with van der Waals surface area (Å²) in [6, 6.07) is 18.4. The minimum Gasteiger partial charge on any atom is -0.352 e. The molecule has 1 atom stereocenters. The molecule has 0 radical (unpaired) electrons. The van der Waals surface area contributed by atoms with Crippen molar-refractivity contribution in [2.75, 3.05) is 18.0 Å². The number of nitro benzene ring substituents is 1. The lowest BCUT2D eigenvalue weighted by molar-refractivity contribution is -0.384. The largest absolute Gasteiger partial charge is 0.352 e. The van der Waals surface area contributed by atoms with Crippen LogP contribution in [0.15, 0.2) is 54.6 Å². The molecule has 2 heterocycles. The van der Waals surface area contributed by atoms with E-state index in [4.69, 9.17) is 0 Å². The van der Waals surface area contributed by atoms with Gasteiger partial charge in [0.05, 0.1) is 10.6 Å². The molecule has 1 saturated heterocycles. The molecule has 0 bridgehead atoms. The topological polar surface area (TPSA) is 101 Å². The van der Waals surface area contributed by atoms with Crippen LogP contribution in [0.3, 0.4) is 0 Å². The van der Waals surface area contributed by atoms with E-state index in [0.29, 0.717) is 17.4 Å². The smallest absolute Gasteiger partial charge is 0.271 e. The van der Waals surface area contributed by atoms with E-state index in [1.54, 1.807) is 12.1 Å². The van der Waals surface area contributed by atoms with Crippen molar-refractivity contribution >= 4 is 11.5 Å². The van der Waals surface area contributed by atoms with Crippen molar-refractivity contribution in [3.63, 3.8) is 0 Å². The van der Waals surface area contributed by atoms with Gasteiger partial charge < -0.3 is 4.90 Å². The molecule has 1 fully saturated rings. The van der Waals surface area contributed by atoms with Crippen LogP contribution in [-0.4, -0.2) is 33.0 Å². The first kappa shape index (κ1) is 16.7. The van der Waals surface area contributed by atoms with Gasteiger partial charge >= 0.3 is 0 Å². The monoisotopic (exact) mass is 360 g/mol. The Bertz CT molecular complexity index is 1020. The second kappa shape index (κ2) is 6.88. The third kappa shape index (κ3) is 3.22. The van der Waals surface area contributed by atoms with Gasteiger partial charge in [-0.25, -0.2) is 0 Å². The van der Waals surface area contributed by atoms with Gasteiger partial charge in [0.2, 0.25) is 5.69 Å². The van der Waals surface area contributed by atoms with Crippen LogP contribution in [0, 0.1) is 21.4 Å². The van der Waals surface area contributed by atoms with E-state index in [0.717, 1.165) is 19.5 Å². The van der Waals surface area contributed by atoms with Gasteiger partial charge in [0.25, 0.3) is 5.69 Å². The summed E-state index contributed by atoms with van der Waals surface area (Å²) in [5.41, 5.74) is 1.89.